The minimum Gasteiger partial charge on any atom is -0.493 e. The molecule has 2 aromatic carbocycles. The van der Waals surface area contributed by atoms with Gasteiger partial charge in [-0.15, -0.1) is 0 Å². The molecule has 6 rings (SSSR count). The van der Waals surface area contributed by atoms with Gasteiger partial charge in [-0.1, -0.05) is 30.3 Å². The molecule has 1 saturated heterocycles. The molecule has 2 N–H and O–H groups in total. The molecule has 206 valence electrons. The Bertz CT molecular complexity index is 1680. The Labute approximate surface area is 238 Å². The van der Waals surface area contributed by atoms with Crippen molar-refractivity contribution in [1.82, 2.24) is 14.3 Å². The maximum atomic E-state index is 13.1. The summed E-state index contributed by atoms with van der Waals surface area (Å²) in [7, 11) is 0. The molecule has 0 unspecified atom stereocenters. The fourth-order valence-corrected chi connectivity index (χ4v) is 5.92. The Morgan fingerprint density at radius 2 is 1.82 bits per heavy atom. The minimum absolute atomic E-state index is 0.0325. The number of aliphatic carboxylic acids is 2. The Morgan fingerprint density at radius 3 is 2.58 bits per heavy atom. The number of carboxylic acids is 2. The van der Waals surface area contributed by atoms with E-state index in [0.717, 1.165) is 47.7 Å². The molecule has 2 aliphatic heterocycles. The molecule has 0 amide bonds. The lowest BCUT2D eigenvalue weighted by molar-refractivity contribution is -0.134. The number of aromatic nitrogens is 2. The van der Waals surface area contributed by atoms with Gasteiger partial charge in [0.1, 0.15) is 11.4 Å². The average molecular weight is 606 g/mol. The molecule has 0 saturated carbocycles. The summed E-state index contributed by atoms with van der Waals surface area (Å²) in [6.45, 7) is 5.56. The lowest BCUT2D eigenvalue weighted by atomic mass is 9.84. The number of pyridine rings is 1. The zero-order valence-corrected chi connectivity index (χ0v) is 23.4. The monoisotopic (exact) mass is 605 g/mol. The number of carboxylic acid groups (broad SMARTS) is 2. The third-order valence-electron chi connectivity index (χ3n) is 7.40. The molecule has 9 nitrogen and oxygen atoms in total. The number of halogens is 1. The van der Waals surface area contributed by atoms with Crippen LogP contribution in [0.2, 0.25) is 0 Å². The van der Waals surface area contributed by atoms with Crippen LogP contribution in [0.3, 0.4) is 0 Å². The van der Waals surface area contributed by atoms with Crippen LogP contribution in [0.25, 0.3) is 16.4 Å². The van der Waals surface area contributed by atoms with E-state index in [2.05, 4.69) is 62.2 Å². The van der Waals surface area contributed by atoms with Crippen LogP contribution < -0.4 is 10.3 Å². The van der Waals surface area contributed by atoms with Crippen molar-refractivity contribution in [2.24, 2.45) is 5.92 Å². The van der Waals surface area contributed by atoms with Crippen molar-refractivity contribution in [3.05, 3.63) is 98.5 Å². The van der Waals surface area contributed by atoms with Crippen LogP contribution in [-0.2, 0) is 16.0 Å². The number of rotatable bonds is 5. The van der Waals surface area contributed by atoms with Crippen molar-refractivity contribution in [3.63, 3.8) is 0 Å². The quantitative estimate of drug-likeness (QED) is 0.323. The van der Waals surface area contributed by atoms with Gasteiger partial charge in [0.15, 0.2) is 0 Å². The van der Waals surface area contributed by atoms with Gasteiger partial charge in [-0.2, -0.15) is 0 Å². The standard InChI is InChI=1S/C26H24BrN3O2.C4H4O4/c1-16-20(26(31)30-13-19(27)7-9-24(30)28-16)10-11-29-12-18-15-32-23-8-6-17-4-2-3-5-21(17)25(23)22(18)14-29;5-3(6)1-2-4(7)8/h2-9,13,18,22H,10-12,14-15H2,1H3;1-2H,(H,5,6)(H,7,8)/b;2-1+/t18-,22-;/m0./s1. The third kappa shape index (κ3) is 5.78. The molecule has 1 fully saturated rings. The molecule has 10 heteroatoms. The van der Waals surface area contributed by atoms with Crippen molar-refractivity contribution in [2.45, 2.75) is 19.3 Å². The first-order valence-electron chi connectivity index (χ1n) is 12.9. The predicted molar refractivity (Wildman–Crippen MR) is 154 cm³/mol. The summed E-state index contributed by atoms with van der Waals surface area (Å²) in [5.74, 6) is -0.524. The van der Waals surface area contributed by atoms with E-state index in [-0.39, 0.29) is 5.56 Å². The van der Waals surface area contributed by atoms with Gasteiger partial charge in [0.25, 0.3) is 5.56 Å². The highest BCUT2D eigenvalue weighted by Crippen LogP contribution is 2.45. The van der Waals surface area contributed by atoms with Gasteiger partial charge < -0.3 is 19.8 Å². The van der Waals surface area contributed by atoms with Gasteiger partial charge in [-0.05, 0) is 58.2 Å². The molecule has 0 radical (unpaired) electrons. The molecule has 0 bridgehead atoms. The zero-order chi connectivity index (χ0) is 28.4. The molecule has 40 heavy (non-hydrogen) atoms. The van der Waals surface area contributed by atoms with Crippen LogP contribution in [0.5, 0.6) is 5.75 Å². The van der Waals surface area contributed by atoms with Crippen LogP contribution in [0, 0.1) is 12.8 Å². The van der Waals surface area contributed by atoms with Crippen molar-refractivity contribution in [2.75, 3.05) is 26.2 Å². The lowest BCUT2D eigenvalue weighted by Gasteiger charge is -2.29. The Hall–Kier alpha value is -4.02. The molecular formula is C30H28BrN3O6. The number of ether oxygens (including phenoxy) is 1. The maximum absolute atomic E-state index is 13.1. The second kappa shape index (κ2) is 11.6. The maximum Gasteiger partial charge on any atom is 0.328 e. The highest BCUT2D eigenvalue weighted by molar-refractivity contribution is 9.10. The van der Waals surface area contributed by atoms with Gasteiger partial charge in [0.05, 0.1) is 6.61 Å². The van der Waals surface area contributed by atoms with E-state index in [9.17, 15) is 14.4 Å². The van der Waals surface area contributed by atoms with E-state index in [1.807, 2.05) is 19.1 Å². The fraction of sp³-hybridized carbons (Fsp3) is 0.267. The first-order valence-corrected chi connectivity index (χ1v) is 13.7. The number of fused-ring (bicyclic) bond motifs is 6. The molecule has 4 aromatic rings. The topological polar surface area (TPSA) is 121 Å². The smallest absolute Gasteiger partial charge is 0.328 e. The molecule has 0 spiro atoms. The molecule has 4 heterocycles. The Morgan fingerprint density at radius 1 is 1.07 bits per heavy atom. The van der Waals surface area contributed by atoms with Gasteiger partial charge in [0, 0.05) is 71.1 Å². The number of benzene rings is 2. The highest BCUT2D eigenvalue weighted by atomic mass is 79.9. The van der Waals surface area contributed by atoms with E-state index < -0.39 is 11.9 Å². The van der Waals surface area contributed by atoms with Crippen LogP contribution >= 0.6 is 15.9 Å². The summed E-state index contributed by atoms with van der Waals surface area (Å²) in [5, 5.41) is 18.2. The second-order valence-electron chi connectivity index (χ2n) is 9.95. The summed E-state index contributed by atoms with van der Waals surface area (Å²) in [4.78, 5) is 39.4. The molecule has 2 aliphatic rings. The van der Waals surface area contributed by atoms with E-state index in [1.54, 1.807) is 10.6 Å². The van der Waals surface area contributed by atoms with Gasteiger partial charge >= 0.3 is 11.9 Å². The third-order valence-corrected chi connectivity index (χ3v) is 7.87. The largest absolute Gasteiger partial charge is 0.493 e. The highest BCUT2D eigenvalue weighted by Gasteiger charge is 2.39. The number of likely N-dealkylation sites (tertiary alicyclic amines) is 1. The number of hydrogen-bond donors (Lipinski definition) is 2. The summed E-state index contributed by atoms with van der Waals surface area (Å²) in [6.07, 6.45) is 3.62. The first-order chi connectivity index (χ1) is 19.2. The van der Waals surface area contributed by atoms with Crippen molar-refractivity contribution in [3.8, 4) is 5.75 Å². The normalized spacial score (nSPS) is 18.1. The first kappa shape index (κ1) is 27.5. The van der Waals surface area contributed by atoms with E-state index in [4.69, 9.17) is 14.9 Å². The minimum atomic E-state index is -1.26. The van der Waals surface area contributed by atoms with Crippen LogP contribution in [0.15, 0.2) is 76.1 Å². The SMILES string of the molecule is Cc1nc2ccc(Br)cn2c(=O)c1CCN1C[C@H]2COc3ccc4ccccc4c3[C@H]2C1.O=C(O)/C=C/C(=O)O. The molecule has 2 atom stereocenters. The van der Waals surface area contributed by atoms with Crippen LogP contribution in [0.1, 0.15) is 22.7 Å². The molecule has 0 aliphatic carbocycles. The van der Waals surface area contributed by atoms with Crippen molar-refractivity contribution in [1.29, 1.82) is 0 Å². The summed E-state index contributed by atoms with van der Waals surface area (Å²) < 4.78 is 8.68. The molecule has 2 aromatic heterocycles. The van der Waals surface area contributed by atoms with E-state index in [1.165, 1.54) is 16.3 Å². The number of hydrogen-bond acceptors (Lipinski definition) is 6. The average Bonchev–Trinajstić information content (AvgIpc) is 3.35. The number of aryl methyl sites for hydroxylation is 1. The number of carbonyl (C=O) groups is 2. The molecular weight excluding hydrogens is 578 g/mol. The van der Waals surface area contributed by atoms with Gasteiger partial charge in [0.2, 0.25) is 0 Å². The summed E-state index contributed by atoms with van der Waals surface area (Å²) in [5.41, 5.74) is 3.71. The van der Waals surface area contributed by atoms with Crippen molar-refractivity contribution >= 4 is 44.3 Å². The lowest BCUT2D eigenvalue weighted by Crippen LogP contribution is -2.28. The fourth-order valence-electron chi connectivity index (χ4n) is 5.58. The Balaban J connectivity index is 0.000000355. The summed E-state index contributed by atoms with van der Waals surface area (Å²) >= 11 is 3.46. The summed E-state index contributed by atoms with van der Waals surface area (Å²) in [6, 6.07) is 16.7. The van der Waals surface area contributed by atoms with Crippen molar-refractivity contribution < 1.29 is 24.5 Å². The van der Waals surface area contributed by atoms with E-state index in [0.29, 0.717) is 36.1 Å². The number of nitrogens with zero attached hydrogens (tertiary/aromatic N) is 3. The Kier molecular flexibility index (Phi) is 7.99. The van der Waals surface area contributed by atoms with E-state index >= 15 is 0 Å². The van der Waals surface area contributed by atoms with Crippen LogP contribution in [0.4, 0.5) is 0 Å². The predicted octanol–water partition coefficient (Wildman–Crippen LogP) is 4.28. The van der Waals surface area contributed by atoms with Crippen LogP contribution in [-0.4, -0.2) is 62.7 Å². The second-order valence-corrected chi connectivity index (χ2v) is 10.9. The van der Waals surface area contributed by atoms with Gasteiger partial charge in [-0.25, -0.2) is 14.6 Å². The zero-order valence-electron chi connectivity index (χ0n) is 21.8. The van der Waals surface area contributed by atoms with Gasteiger partial charge in [-0.3, -0.25) is 9.20 Å².